The Balaban J connectivity index is 2.27. The van der Waals surface area contributed by atoms with Crippen LogP contribution in [0.25, 0.3) is 5.69 Å². The van der Waals surface area contributed by atoms with Gasteiger partial charge in [-0.05, 0) is 40.8 Å². The molecule has 0 unspecified atom stereocenters. The van der Waals surface area contributed by atoms with E-state index in [0.717, 1.165) is 21.0 Å². The van der Waals surface area contributed by atoms with Crippen molar-refractivity contribution in [3.05, 3.63) is 34.2 Å². The Morgan fingerprint density at radius 2 is 2.35 bits per heavy atom. The maximum absolute atomic E-state index is 10.5. The number of halogens is 1. The first kappa shape index (κ1) is 12.4. The van der Waals surface area contributed by atoms with Crippen LogP contribution in [0.3, 0.4) is 0 Å². The monoisotopic (exact) mass is 361 g/mol. The molecule has 0 aliphatic carbocycles. The minimum absolute atomic E-state index is 0.0252. The number of carboxylic acid groups (broad SMARTS) is 1. The van der Waals surface area contributed by atoms with Crippen LogP contribution in [0, 0.1) is 3.57 Å². The van der Waals surface area contributed by atoms with Crippen LogP contribution in [0.4, 0.5) is 0 Å². The van der Waals surface area contributed by atoms with Gasteiger partial charge in [-0.1, -0.05) is 17.8 Å². The summed E-state index contributed by atoms with van der Waals surface area (Å²) in [6.07, 6.45) is 1.58. The molecule has 0 aliphatic heterocycles. The number of benzene rings is 1. The second kappa shape index (κ2) is 5.50. The van der Waals surface area contributed by atoms with Gasteiger partial charge in [-0.25, -0.2) is 0 Å². The molecule has 0 radical (unpaired) electrons. The van der Waals surface area contributed by atoms with Crippen molar-refractivity contribution in [3.8, 4) is 5.69 Å². The predicted octanol–water partition coefficient (Wildman–Crippen LogP) is 2.05. The van der Waals surface area contributed by atoms with Gasteiger partial charge in [0.25, 0.3) is 0 Å². The lowest BCUT2D eigenvalue weighted by Gasteiger charge is -2.05. The first-order valence-electron chi connectivity index (χ1n) is 4.67. The zero-order valence-corrected chi connectivity index (χ0v) is 11.6. The maximum atomic E-state index is 10.5. The Hall–Kier alpha value is -1.09. The number of thioether (sulfide) groups is 1. The molecule has 2 rings (SSSR count). The van der Waals surface area contributed by atoms with Crippen LogP contribution in [0.2, 0.25) is 0 Å². The van der Waals surface area contributed by atoms with Gasteiger partial charge < -0.3 is 5.11 Å². The van der Waals surface area contributed by atoms with Gasteiger partial charge in [0.2, 0.25) is 0 Å². The van der Waals surface area contributed by atoms with Crippen molar-refractivity contribution in [2.24, 2.45) is 0 Å². The fourth-order valence-corrected chi connectivity index (χ4v) is 2.43. The minimum atomic E-state index is -0.868. The van der Waals surface area contributed by atoms with Gasteiger partial charge in [0, 0.05) is 3.57 Å². The van der Waals surface area contributed by atoms with Crippen molar-refractivity contribution in [1.29, 1.82) is 0 Å². The molecular formula is C10H8IN3O2S. The lowest BCUT2D eigenvalue weighted by Crippen LogP contribution is -2.01. The smallest absolute Gasteiger partial charge is 0.313 e. The summed E-state index contributed by atoms with van der Waals surface area (Å²) >= 11 is 3.37. The van der Waals surface area contributed by atoms with E-state index in [1.807, 2.05) is 24.3 Å². The molecule has 1 aromatic carbocycles. The van der Waals surface area contributed by atoms with Gasteiger partial charge in [-0.3, -0.25) is 9.36 Å². The van der Waals surface area contributed by atoms with Crippen LogP contribution in [-0.2, 0) is 4.79 Å². The summed E-state index contributed by atoms with van der Waals surface area (Å²) in [5.41, 5.74) is 0.926. The molecule has 1 N–H and O–H groups in total. The molecule has 88 valence electrons. The second-order valence-electron chi connectivity index (χ2n) is 3.15. The SMILES string of the molecule is O=C(O)CSc1nncn1-c1cccc(I)c1. The van der Waals surface area contributed by atoms with E-state index in [1.165, 1.54) is 0 Å². The molecule has 0 atom stereocenters. The van der Waals surface area contributed by atoms with Crippen LogP contribution >= 0.6 is 34.4 Å². The lowest BCUT2D eigenvalue weighted by atomic mass is 10.3. The Morgan fingerprint density at radius 3 is 3.06 bits per heavy atom. The van der Waals surface area contributed by atoms with E-state index in [0.29, 0.717) is 5.16 Å². The quantitative estimate of drug-likeness (QED) is 0.667. The number of rotatable bonds is 4. The normalized spacial score (nSPS) is 10.4. The summed E-state index contributed by atoms with van der Waals surface area (Å²) in [5.74, 6) is -0.894. The van der Waals surface area contributed by atoms with Crippen molar-refractivity contribution < 1.29 is 9.90 Å². The molecule has 5 nitrogen and oxygen atoms in total. The zero-order valence-electron chi connectivity index (χ0n) is 8.58. The summed E-state index contributed by atoms with van der Waals surface area (Å²) in [7, 11) is 0. The van der Waals surface area contributed by atoms with E-state index >= 15 is 0 Å². The summed E-state index contributed by atoms with van der Waals surface area (Å²) in [6.45, 7) is 0. The summed E-state index contributed by atoms with van der Waals surface area (Å²) in [5, 5.41) is 16.9. The fourth-order valence-electron chi connectivity index (χ4n) is 1.25. The summed E-state index contributed by atoms with van der Waals surface area (Å²) < 4.78 is 2.87. The number of hydrogen-bond acceptors (Lipinski definition) is 4. The fraction of sp³-hybridized carbons (Fsp3) is 0.100. The Labute approximate surface area is 115 Å². The van der Waals surface area contributed by atoms with Crippen molar-refractivity contribution in [1.82, 2.24) is 14.8 Å². The molecule has 1 heterocycles. The third kappa shape index (κ3) is 3.19. The molecule has 0 saturated heterocycles. The van der Waals surface area contributed by atoms with Crippen molar-refractivity contribution >= 4 is 40.3 Å². The van der Waals surface area contributed by atoms with Crippen LogP contribution in [0.1, 0.15) is 0 Å². The van der Waals surface area contributed by atoms with Gasteiger partial charge in [-0.2, -0.15) is 0 Å². The van der Waals surface area contributed by atoms with E-state index in [1.54, 1.807) is 10.9 Å². The molecule has 0 amide bonds. The summed E-state index contributed by atoms with van der Waals surface area (Å²) in [6, 6.07) is 7.83. The third-order valence-electron chi connectivity index (χ3n) is 1.93. The highest BCUT2D eigenvalue weighted by Gasteiger charge is 2.09. The van der Waals surface area contributed by atoms with E-state index < -0.39 is 5.97 Å². The Morgan fingerprint density at radius 1 is 1.53 bits per heavy atom. The number of nitrogens with zero attached hydrogens (tertiary/aromatic N) is 3. The van der Waals surface area contributed by atoms with Crippen LogP contribution in [-0.4, -0.2) is 31.6 Å². The van der Waals surface area contributed by atoms with Gasteiger partial charge in [-0.15, -0.1) is 10.2 Å². The van der Waals surface area contributed by atoms with E-state index in [2.05, 4.69) is 32.8 Å². The average molecular weight is 361 g/mol. The summed E-state index contributed by atoms with van der Waals surface area (Å²) in [4.78, 5) is 10.5. The van der Waals surface area contributed by atoms with Crippen molar-refractivity contribution in [2.45, 2.75) is 5.16 Å². The topological polar surface area (TPSA) is 68.0 Å². The largest absolute Gasteiger partial charge is 0.481 e. The second-order valence-corrected chi connectivity index (χ2v) is 5.33. The van der Waals surface area contributed by atoms with Crippen LogP contribution in [0.5, 0.6) is 0 Å². The molecule has 0 fully saturated rings. The Kier molecular flexibility index (Phi) is 4.00. The van der Waals surface area contributed by atoms with Gasteiger partial charge in [0.1, 0.15) is 6.33 Å². The highest BCUT2D eigenvalue weighted by molar-refractivity contribution is 14.1. The molecule has 0 saturated carbocycles. The average Bonchev–Trinajstić information content (AvgIpc) is 2.74. The number of carbonyl (C=O) groups is 1. The van der Waals surface area contributed by atoms with E-state index in [-0.39, 0.29) is 5.75 Å². The van der Waals surface area contributed by atoms with Gasteiger partial charge in [0.05, 0.1) is 11.4 Å². The van der Waals surface area contributed by atoms with Crippen molar-refractivity contribution in [2.75, 3.05) is 5.75 Å². The molecule has 0 bridgehead atoms. The predicted molar refractivity (Wildman–Crippen MR) is 72.4 cm³/mol. The van der Waals surface area contributed by atoms with E-state index in [4.69, 9.17) is 5.11 Å². The van der Waals surface area contributed by atoms with Gasteiger partial charge >= 0.3 is 5.97 Å². The number of aliphatic carboxylic acids is 1. The zero-order chi connectivity index (χ0) is 12.3. The first-order valence-corrected chi connectivity index (χ1v) is 6.74. The number of carboxylic acids is 1. The first-order chi connectivity index (χ1) is 8.16. The minimum Gasteiger partial charge on any atom is -0.481 e. The number of aromatic nitrogens is 3. The molecule has 0 aliphatic rings. The van der Waals surface area contributed by atoms with E-state index in [9.17, 15) is 4.79 Å². The molecule has 17 heavy (non-hydrogen) atoms. The third-order valence-corrected chi connectivity index (χ3v) is 3.53. The highest BCUT2D eigenvalue weighted by atomic mass is 127. The van der Waals surface area contributed by atoms with Crippen LogP contribution < -0.4 is 0 Å². The maximum Gasteiger partial charge on any atom is 0.313 e. The van der Waals surface area contributed by atoms with Gasteiger partial charge in [0.15, 0.2) is 5.16 Å². The molecule has 7 heteroatoms. The lowest BCUT2D eigenvalue weighted by molar-refractivity contribution is -0.133. The highest BCUT2D eigenvalue weighted by Crippen LogP contribution is 2.20. The molecule has 2 aromatic rings. The van der Waals surface area contributed by atoms with Crippen LogP contribution in [0.15, 0.2) is 35.7 Å². The van der Waals surface area contributed by atoms with Crippen molar-refractivity contribution in [3.63, 3.8) is 0 Å². The number of hydrogen-bond donors (Lipinski definition) is 1. The molecule has 1 aromatic heterocycles. The Bertz CT molecular complexity index is 544. The standard InChI is InChI=1S/C10H8IN3O2S/c11-7-2-1-3-8(4-7)14-6-12-13-10(14)17-5-9(15)16/h1-4,6H,5H2,(H,15,16). The molecule has 0 spiro atoms. The molecular weight excluding hydrogens is 353 g/mol.